The molecule has 1 aliphatic heterocycles. The zero-order valence-corrected chi connectivity index (χ0v) is 15.2. The molecule has 0 saturated heterocycles. The van der Waals surface area contributed by atoms with E-state index in [-0.39, 0.29) is 6.04 Å². The van der Waals surface area contributed by atoms with Crippen LogP contribution in [0.3, 0.4) is 0 Å². The van der Waals surface area contributed by atoms with Crippen molar-refractivity contribution in [3.05, 3.63) is 42.2 Å². The molecule has 1 unspecified atom stereocenters. The molecule has 6 nitrogen and oxygen atoms in total. The second-order valence-corrected chi connectivity index (χ2v) is 6.39. The quantitative estimate of drug-likeness (QED) is 0.761. The summed E-state index contributed by atoms with van der Waals surface area (Å²) < 4.78 is 10.7. The Kier molecular flexibility index (Phi) is 4.24. The first kappa shape index (κ1) is 16.4. The number of aryl methyl sites for hydroxylation is 1. The third-order valence-electron chi connectivity index (χ3n) is 4.86. The SMILES string of the molecule is COc1cc2nc(CCC3C=Nc4ccccc4N3C)[nH]c2cc1OC. The molecule has 0 fully saturated rings. The molecule has 2 aromatic carbocycles. The van der Waals surface area contributed by atoms with Gasteiger partial charge >= 0.3 is 0 Å². The first-order valence-electron chi connectivity index (χ1n) is 8.66. The van der Waals surface area contributed by atoms with Gasteiger partial charge in [-0.25, -0.2) is 4.98 Å². The van der Waals surface area contributed by atoms with Crippen LogP contribution in [0.15, 0.2) is 41.4 Å². The van der Waals surface area contributed by atoms with Gasteiger partial charge in [0.15, 0.2) is 11.5 Å². The van der Waals surface area contributed by atoms with Gasteiger partial charge in [-0.1, -0.05) is 12.1 Å². The van der Waals surface area contributed by atoms with Crippen molar-refractivity contribution in [1.82, 2.24) is 9.97 Å². The predicted octanol–water partition coefficient (Wildman–Crippen LogP) is 3.73. The van der Waals surface area contributed by atoms with Gasteiger partial charge in [0.05, 0.1) is 42.7 Å². The van der Waals surface area contributed by atoms with Crippen LogP contribution in [0.4, 0.5) is 11.4 Å². The van der Waals surface area contributed by atoms with E-state index in [4.69, 9.17) is 14.5 Å². The molecule has 1 aromatic heterocycles. The summed E-state index contributed by atoms with van der Waals surface area (Å²) in [5.41, 5.74) is 4.02. The van der Waals surface area contributed by atoms with Crippen molar-refractivity contribution in [2.75, 3.05) is 26.2 Å². The van der Waals surface area contributed by atoms with Gasteiger partial charge in [0.2, 0.25) is 0 Å². The lowest BCUT2D eigenvalue weighted by Crippen LogP contribution is -2.35. The fraction of sp³-hybridized carbons (Fsp3) is 0.300. The fourth-order valence-corrected chi connectivity index (χ4v) is 3.38. The van der Waals surface area contributed by atoms with Crippen molar-refractivity contribution in [2.24, 2.45) is 4.99 Å². The Labute approximate surface area is 152 Å². The standard InChI is InChI=1S/C20H22N4O2/c1-24-13(12-21-14-6-4-5-7-17(14)24)8-9-20-22-15-10-18(25-2)19(26-3)11-16(15)23-20/h4-7,10-13H,8-9H2,1-3H3,(H,22,23). The lowest BCUT2D eigenvalue weighted by molar-refractivity contribution is 0.356. The van der Waals surface area contributed by atoms with Crippen LogP contribution in [0.25, 0.3) is 11.0 Å². The van der Waals surface area contributed by atoms with Crippen LogP contribution in [0.2, 0.25) is 0 Å². The van der Waals surface area contributed by atoms with E-state index in [1.807, 2.05) is 36.5 Å². The van der Waals surface area contributed by atoms with Crippen molar-refractivity contribution in [3.63, 3.8) is 0 Å². The van der Waals surface area contributed by atoms with Gasteiger partial charge in [-0.15, -0.1) is 0 Å². The summed E-state index contributed by atoms with van der Waals surface area (Å²) in [5, 5.41) is 0. The van der Waals surface area contributed by atoms with E-state index < -0.39 is 0 Å². The Bertz CT molecular complexity index is 923. The number of aliphatic imine (C=N–C) groups is 1. The van der Waals surface area contributed by atoms with Gasteiger partial charge in [-0.3, -0.25) is 4.99 Å². The zero-order chi connectivity index (χ0) is 18.1. The number of aromatic nitrogens is 2. The van der Waals surface area contributed by atoms with Gasteiger partial charge in [0.25, 0.3) is 0 Å². The number of rotatable bonds is 5. The number of nitrogens with one attached hydrogen (secondary N) is 1. The van der Waals surface area contributed by atoms with Crippen LogP contribution in [-0.2, 0) is 6.42 Å². The second kappa shape index (κ2) is 6.71. The van der Waals surface area contributed by atoms with Crippen LogP contribution in [0.5, 0.6) is 11.5 Å². The molecule has 0 spiro atoms. The summed E-state index contributed by atoms with van der Waals surface area (Å²) in [5.74, 6) is 2.34. The first-order chi connectivity index (χ1) is 12.7. The van der Waals surface area contributed by atoms with E-state index in [1.54, 1.807) is 14.2 Å². The van der Waals surface area contributed by atoms with E-state index in [1.165, 1.54) is 5.69 Å². The van der Waals surface area contributed by atoms with E-state index in [9.17, 15) is 0 Å². The highest BCUT2D eigenvalue weighted by molar-refractivity contribution is 5.84. The highest BCUT2D eigenvalue weighted by atomic mass is 16.5. The van der Waals surface area contributed by atoms with Crippen molar-refractivity contribution in [1.29, 1.82) is 0 Å². The number of para-hydroxylation sites is 2. The maximum Gasteiger partial charge on any atom is 0.163 e. The number of H-pyrrole nitrogens is 1. The summed E-state index contributed by atoms with van der Waals surface area (Å²) in [7, 11) is 5.38. The largest absolute Gasteiger partial charge is 0.493 e. The highest BCUT2D eigenvalue weighted by Gasteiger charge is 2.20. The number of imidazole rings is 1. The average molecular weight is 350 g/mol. The molecule has 0 amide bonds. The summed E-state index contributed by atoms with van der Waals surface area (Å²) >= 11 is 0. The van der Waals surface area contributed by atoms with Crippen molar-refractivity contribution < 1.29 is 9.47 Å². The molecule has 4 rings (SSSR count). The Balaban J connectivity index is 1.52. The van der Waals surface area contributed by atoms with Crippen LogP contribution in [0.1, 0.15) is 12.2 Å². The number of methoxy groups -OCH3 is 2. The lowest BCUT2D eigenvalue weighted by Gasteiger charge is -2.31. The Morgan fingerprint density at radius 2 is 1.88 bits per heavy atom. The number of nitrogens with zero attached hydrogens (tertiary/aromatic N) is 3. The smallest absolute Gasteiger partial charge is 0.163 e. The molecule has 1 N–H and O–H groups in total. The summed E-state index contributed by atoms with van der Waals surface area (Å²) in [6, 6.07) is 12.3. The first-order valence-corrected chi connectivity index (χ1v) is 8.66. The fourth-order valence-electron chi connectivity index (χ4n) is 3.38. The number of fused-ring (bicyclic) bond motifs is 2. The minimum absolute atomic E-state index is 0.252. The maximum atomic E-state index is 5.36. The van der Waals surface area contributed by atoms with E-state index in [2.05, 4.69) is 28.0 Å². The predicted molar refractivity (Wildman–Crippen MR) is 104 cm³/mol. The molecule has 26 heavy (non-hydrogen) atoms. The van der Waals surface area contributed by atoms with Gasteiger partial charge < -0.3 is 19.4 Å². The molecule has 1 aliphatic rings. The molecule has 0 radical (unpaired) electrons. The van der Waals surface area contributed by atoms with Gasteiger partial charge in [0.1, 0.15) is 5.82 Å². The minimum atomic E-state index is 0.252. The summed E-state index contributed by atoms with van der Waals surface area (Å²) in [4.78, 5) is 15.0. The van der Waals surface area contributed by atoms with Crippen molar-refractivity contribution >= 4 is 28.6 Å². The van der Waals surface area contributed by atoms with E-state index in [0.29, 0.717) is 11.5 Å². The molecule has 6 heteroatoms. The number of hydrogen-bond donors (Lipinski definition) is 1. The van der Waals surface area contributed by atoms with Crippen LogP contribution >= 0.6 is 0 Å². The van der Waals surface area contributed by atoms with E-state index in [0.717, 1.165) is 35.4 Å². The Morgan fingerprint density at radius 1 is 1.12 bits per heavy atom. The van der Waals surface area contributed by atoms with Crippen molar-refractivity contribution in [2.45, 2.75) is 18.9 Å². The van der Waals surface area contributed by atoms with Crippen LogP contribution < -0.4 is 14.4 Å². The number of aromatic amines is 1. The minimum Gasteiger partial charge on any atom is -0.493 e. The number of ether oxygens (including phenoxy) is 2. The van der Waals surface area contributed by atoms with Crippen molar-refractivity contribution in [3.8, 4) is 11.5 Å². The molecule has 0 saturated carbocycles. The zero-order valence-electron chi connectivity index (χ0n) is 15.2. The normalized spacial score (nSPS) is 16.0. The molecular formula is C20H22N4O2. The monoisotopic (exact) mass is 350 g/mol. The average Bonchev–Trinajstić information content (AvgIpc) is 3.08. The van der Waals surface area contributed by atoms with E-state index >= 15 is 0 Å². The van der Waals surface area contributed by atoms with Gasteiger partial charge in [-0.05, 0) is 18.6 Å². The Hall–Kier alpha value is -3.02. The molecular weight excluding hydrogens is 328 g/mol. The Morgan fingerprint density at radius 3 is 2.69 bits per heavy atom. The number of anilines is 1. The number of benzene rings is 2. The maximum absolute atomic E-state index is 5.36. The summed E-state index contributed by atoms with van der Waals surface area (Å²) in [6.07, 6.45) is 3.79. The highest BCUT2D eigenvalue weighted by Crippen LogP contribution is 2.33. The molecule has 2 heterocycles. The summed E-state index contributed by atoms with van der Waals surface area (Å²) in [6.45, 7) is 0. The molecule has 3 aromatic rings. The third kappa shape index (κ3) is 2.87. The topological polar surface area (TPSA) is 62.7 Å². The second-order valence-electron chi connectivity index (χ2n) is 6.39. The molecule has 0 aliphatic carbocycles. The van der Waals surface area contributed by atoms with Gasteiger partial charge in [0, 0.05) is 31.8 Å². The molecule has 1 atom stereocenters. The molecule has 134 valence electrons. The van der Waals surface area contributed by atoms with Crippen LogP contribution in [0, 0.1) is 0 Å². The van der Waals surface area contributed by atoms with Crippen LogP contribution in [-0.4, -0.2) is 43.5 Å². The third-order valence-corrected chi connectivity index (χ3v) is 4.86. The molecule has 0 bridgehead atoms. The van der Waals surface area contributed by atoms with Gasteiger partial charge in [-0.2, -0.15) is 0 Å². The lowest BCUT2D eigenvalue weighted by atomic mass is 10.1. The number of hydrogen-bond acceptors (Lipinski definition) is 5.